The summed E-state index contributed by atoms with van der Waals surface area (Å²) in [5.41, 5.74) is 0.543. The van der Waals surface area contributed by atoms with Crippen molar-refractivity contribution in [3.8, 4) is 0 Å². The fraction of sp³-hybridized carbons (Fsp3) is 0.556. The topological polar surface area (TPSA) is 58.2 Å². The minimum atomic E-state index is -0.236. The summed E-state index contributed by atoms with van der Waals surface area (Å²) in [4.78, 5) is 24.2. The van der Waals surface area contributed by atoms with Crippen LogP contribution in [0.3, 0.4) is 0 Å². The second-order valence-corrected chi connectivity index (χ2v) is 7.71. The first-order chi connectivity index (χ1) is 11.0. The first kappa shape index (κ1) is 16.5. The number of halogens is 1. The number of carbonyl (C=O) groups is 2. The van der Waals surface area contributed by atoms with Crippen LogP contribution >= 0.6 is 15.9 Å². The van der Waals surface area contributed by atoms with Crippen molar-refractivity contribution >= 4 is 27.7 Å². The monoisotopic (exact) mass is 378 g/mol. The van der Waals surface area contributed by atoms with Crippen molar-refractivity contribution in [3.05, 3.63) is 34.3 Å². The number of benzene rings is 1. The lowest BCUT2D eigenvalue weighted by atomic mass is 9.84. The summed E-state index contributed by atoms with van der Waals surface area (Å²) in [5.74, 6) is 1.92. The van der Waals surface area contributed by atoms with Gasteiger partial charge >= 0.3 is 0 Å². The Hall–Kier alpha value is -1.36. The van der Waals surface area contributed by atoms with Crippen LogP contribution in [0.5, 0.6) is 0 Å². The van der Waals surface area contributed by atoms with E-state index in [1.165, 1.54) is 25.7 Å². The first-order valence-corrected chi connectivity index (χ1v) is 9.16. The van der Waals surface area contributed by atoms with Crippen LogP contribution in [0.4, 0.5) is 0 Å². The van der Waals surface area contributed by atoms with Crippen molar-refractivity contribution < 1.29 is 9.59 Å². The van der Waals surface area contributed by atoms with Gasteiger partial charge in [-0.1, -0.05) is 18.6 Å². The Morgan fingerprint density at radius 2 is 2.04 bits per heavy atom. The molecule has 2 saturated carbocycles. The molecular weight excluding hydrogens is 356 g/mol. The summed E-state index contributed by atoms with van der Waals surface area (Å²) in [6.07, 6.45) is 5.26. The Labute approximate surface area is 145 Å². The molecule has 0 heterocycles. The van der Waals surface area contributed by atoms with Crippen LogP contribution in [-0.2, 0) is 4.79 Å². The van der Waals surface area contributed by atoms with Crippen LogP contribution in [0.25, 0.3) is 0 Å². The Balaban J connectivity index is 1.46. The number of hydrogen-bond donors (Lipinski definition) is 2. The molecule has 124 valence electrons. The predicted molar refractivity (Wildman–Crippen MR) is 93.0 cm³/mol. The molecule has 4 unspecified atom stereocenters. The lowest BCUT2D eigenvalue weighted by Crippen LogP contribution is -2.44. The first-order valence-electron chi connectivity index (χ1n) is 8.36. The lowest BCUT2D eigenvalue weighted by molar-refractivity contribution is -0.121. The van der Waals surface area contributed by atoms with Crippen molar-refractivity contribution in [2.45, 2.75) is 38.6 Å². The summed E-state index contributed by atoms with van der Waals surface area (Å²) < 4.78 is 0.730. The number of carbonyl (C=O) groups excluding carboxylic acids is 2. The molecular formula is C18H23BrN2O2. The van der Waals surface area contributed by atoms with E-state index in [2.05, 4.69) is 33.5 Å². The van der Waals surface area contributed by atoms with E-state index in [1.807, 2.05) is 12.1 Å². The standard InChI is InChI=1S/C18H23BrN2O2/c1-11(15-9-12-6-7-13(15)8-12)21-17(22)10-20-18(23)14-4-2-3-5-16(14)19/h2-5,11-13,15H,6-10H2,1H3,(H,20,23)(H,21,22). The summed E-state index contributed by atoms with van der Waals surface area (Å²) >= 11 is 3.35. The van der Waals surface area contributed by atoms with Gasteiger partial charge in [-0.25, -0.2) is 0 Å². The summed E-state index contributed by atoms with van der Waals surface area (Å²) in [6.45, 7) is 2.12. The maximum Gasteiger partial charge on any atom is 0.252 e. The maximum atomic E-state index is 12.1. The second kappa shape index (κ2) is 7.04. The fourth-order valence-corrected chi connectivity index (χ4v) is 4.68. The zero-order valence-corrected chi connectivity index (χ0v) is 14.9. The SMILES string of the molecule is CC(NC(=O)CNC(=O)c1ccccc1Br)C1CC2CCC1C2. The Kier molecular flexibility index (Phi) is 5.05. The van der Waals surface area contributed by atoms with Crippen LogP contribution in [0, 0.1) is 17.8 Å². The van der Waals surface area contributed by atoms with Gasteiger partial charge in [-0.2, -0.15) is 0 Å². The van der Waals surface area contributed by atoms with Gasteiger partial charge in [0.15, 0.2) is 0 Å². The average Bonchev–Trinajstić information content (AvgIpc) is 3.16. The Morgan fingerprint density at radius 1 is 1.26 bits per heavy atom. The van der Waals surface area contributed by atoms with Crippen molar-refractivity contribution in [2.75, 3.05) is 6.54 Å². The smallest absolute Gasteiger partial charge is 0.252 e. The van der Waals surface area contributed by atoms with Gasteiger partial charge in [0, 0.05) is 10.5 Å². The maximum absolute atomic E-state index is 12.1. The molecule has 1 aromatic carbocycles. The van der Waals surface area contributed by atoms with Crippen LogP contribution < -0.4 is 10.6 Å². The molecule has 23 heavy (non-hydrogen) atoms. The number of rotatable bonds is 5. The molecule has 0 spiro atoms. The van der Waals surface area contributed by atoms with Crippen LogP contribution in [0.1, 0.15) is 43.0 Å². The highest BCUT2D eigenvalue weighted by Gasteiger charge is 2.42. The van der Waals surface area contributed by atoms with Crippen LogP contribution in [0.2, 0.25) is 0 Å². The molecule has 5 heteroatoms. The van der Waals surface area contributed by atoms with Crippen molar-refractivity contribution in [3.63, 3.8) is 0 Å². The second-order valence-electron chi connectivity index (χ2n) is 6.86. The van der Waals surface area contributed by atoms with Crippen LogP contribution in [-0.4, -0.2) is 24.4 Å². The summed E-state index contributed by atoms with van der Waals surface area (Å²) in [6, 6.07) is 7.39. The molecule has 0 saturated heterocycles. The highest BCUT2D eigenvalue weighted by Crippen LogP contribution is 2.49. The van der Waals surface area contributed by atoms with E-state index in [1.54, 1.807) is 12.1 Å². The number of fused-ring (bicyclic) bond motifs is 2. The molecule has 0 radical (unpaired) electrons. The summed E-state index contributed by atoms with van der Waals surface area (Å²) in [7, 11) is 0. The van der Waals surface area contributed by atoms with Crippen molar-refractivity contribution in [1.29, 1.82) is 0 Å². The van der Waals surface area contributed by atoms with E-state index in [9.17, 15) is 9.59 Å². The molecule has 3 rings (SSSR count). The van der Waals surface area contributed by atoms with Crippen LogP contribution in [0.15, 0.2) is 28.7 Å². The zero-order valence-electron chi connectivity index (χ0n) is 13.3. The van der Waals surface area contributed by atoms with E-state index < -0.39 is 0 Å². The lowest BCUT2D eigenvalue weighted by Gasteiger charge is -2.28. The molecule has 2 aliphatic rings. The molecule has 2 N–H and O–H groups in total. The summed E-state index contributed by atoms with van der Waals surface area (Å²) in [5, 5.41) is 5.75. The molecule has 4 atom stereocenters. The molecule has 1 aromatic rings. The molecule has 0 aromatic heterocycles. The minimum Gasteiger partial charge on any atom is -0.352 e. The molecule has 2 fully saturated rings. The highest BCUT2D eigenvalue weighted by atomic mass is 79.9. The predicted octanol–water partition coefficient (Wildman–Crippen LogP) is 3.12. The number of hydrogen-bond acceptors (Lipinski definition) is 2. The minimum absolute atomic E-state index is 0.0192. The van der Waals surface area contributed by atoms with E-state index in [0.29, 0.717) is 11.5 Å². The van der Waals surface area contributed by atoms with Gasteiger partial charge in [-0.15, -0.1) is 0 Å². The Morgan fingerprint density at radius 3 is 2.70 bits per heavy atom. The highest BCUT2D eigenvalue weighted by molar-refractivity contribution is 9.10. The van der Waals surface area contributed by atoms with Gasteiger partial charge in [-0.3, -0.25) is 9.59 Å². The largest absolute Gasteiger partial charge is 0.352 e. The van der Waals surface area contributed by atoms with Crippen molar-refractivity contribution in [2.24, 2.45) is 17.8 Å². The quantitative estimate of drug-likeness (QED) is 0.826. The molecule has 4 nitrogen and oxygen atoms in total. The van der Waals surface area contributed by atoms with E-state index >= 15 is 0 Å². The van der Waals surface area contributed by atoms with Gasteiger partial charge in [-0.05, 0) is 72.0 Å². The number of amides is 2. The van der Waals surface area contributed by atoms with E-state index in [-0.39, 0.29) is 24.4 Å². The van der Waals surface area contributed by atoms with Gasteiger partial charge in [0.05, 0.1) is 12.1 Å². The number of nitrogens with one attached hydrogen (secondary N) is 2. The Bertz CT molecular complexity index is 604. The third-order valence-corrected chi connectivity index (χ3v) is 6.04. The molecule has 2 amide bonds. The zero-order chi connectivity index (χ0) is 16.4. The third kappa shape index (κ3) is 3.77. The van der Waals surface area contributed by atoms with E-state index in [4.69, 9.17) is 0 Å². The van der Waals surface area contributed by atoms with Gasteiger partial charge < -0.3 is 10.6 Å². The fourth-order valence-electron chi connectivity index (χ4n) is 4.22. The van der Waals surface area contributed by atoms with Gasteiger partial charge in [0.25, 0.3) is 5.91 Å². The van der Waals surface area contributed by atoms with Crippen molar-refractivity contribution in [1.82, 2.24) is 10.6 Å². The average molecular weight is 379 g/mol. The third-order valence-electron chi connectivity index (χ3n) is 5.35. The molecule has 2 aliphatic carbocycles. The molecule has 0 aliphatic heterocycles. The van der Waals surface area contributed by atoms with Gasteiger partial charge in [0.2, 0.25) is 5.91 Å². The molecule has 2 bridgehead atoms. The normalized spacial score (nSPS) is 26.8. The van der Waals surface area contributed by atoms with Gasteiger partial charge in [0.1, 0.15) is 0 Å². The van der Waals surface area contributed by atoms with E-state index in [0.717, 1.165) is 16.3 Å².